The standard InChI is InChI=1S/C22H19ClN6O/c23-18-9-5-4-8-17(18)22(30)24-16-12-13-28(14-16)20-11-10-19-25-26-21(29(19)27-20)15-6-2-1-3-7-15/h1-11,16H,12-14H2,(H,24,30). The molecule has 2 aromatic heterocycles. The summed E-state index contributed by atoms with van der Waals surface area (Å²) in [6.07, 6.45) is 0.837. The van der Waals surface area contributed by atoms with Crippen LogP contribution in [0.5, 0.6) is 0 Å². The van der Waals surface area contributed by atoms with Crippen LogP contribution in [0.15, 0.2) is 66.7 Å². The van der Waals surface area contributed by atoms with Gasteiger partial charge in [0.25, 0.3) is 5.91 Å². The highest BCUT2D eigenvalue weighted by molar-refractivity contribution is 6.33. The summed E-state index contributed by atoms with van der Waals surface area (Å²) >= 11 is 6.14. The van der Waals surface area contributed by atoms with Crippen LogP contribution in [0.3, 0.4) is 0 Å². The molecule has 0 aliphatic carbocycles. The van der Waals surface area contributed by atoms with E-state index in [1.165, 1.54) is 0 Å². The monoisotopic (exact) mass is 418 g/mol. The van der Waals surface area contributed by atoms with Crippen LogP contribution in [0.1, 0.15) is 16.8 Å². The quantitative estimate of drug-likeness (QED) is 0.549. The van der Waals surface area contributed by atoms with Gasteiger partial charge in [0.2, 0.25) is 0 Å². The van der Waals surface area contributed by atoms with Crippen molar-refractivity contribution >= 4 is 29.0 Å². The molecule has 1 saturated heterocycles. The van der Waals surface area contributed by atoms with Crippen molar-refractivity contribution in [2.45, 2.75) is 12.5 Å². The lowest BCUT2D eigenvalue weighted by Crippen LogP contribution is -2.37. The number of fused-ring (bicyclic) bond motifs is 1. The van der Waals surface area contributed by atoms with Crippen LogP contribution < -0.4 is 10.2 Å². The lowest BCUT2D eigenvalue weighted by atomic mass is 10.2. The van der Waals surface area contributed by atoms with Crippen LogP contribution in [0.2, 0.25) is 5.02 Å². The third kappa shape index (κ3) is 3.48. The molecule has 1 unspecified atom stereocenters. The Hall–Kier alpha value is -3.45. The van der Waals surface area contributed by atoms with E-state index in [4.69, 9.17) is 16.7 Å². The molecule has 30 heavy (non-hydrogen) atoms. The molecule has 1 N–H and O–H groups in total. The first-order chi connectivity index (χ1) is 14.7. The molecule has 2 aromatic carbocycles. The normalized spacial score (nSPS) is 16.2. The van der Waals surface area contributed by atoms with Gasteiger partial charge in [0, 0.05) is 24.7 Å². The molecule has 0 bridgehead atoms. The summed E-state index contributed by atoms with van der Waals surface area (Å²) in [5.74, 6) is 1.38. The molecule has 8 heteroatoms. The predicted octanol–water partition coefficient (Wildman–Crippen LogP) is 3.45. The molecule has 1 atom stereocenters. The van der Waals surface area contributed by atoms with E-state index in [0.29, 0.717) is 28.6 Å². The molecule has 1 aliphatic rings. The topological polar surface area (TPSA) is 75.4 Å². The smallest absolute Gasteiger partial charge is 0.253 e. The summed E-state index contributed by atoms with van der Waals surface area (Å²) < 4.78 is 1.76. The summed E-state index contributed by atoms with van der Waals surface area (Å²) in [7, 11) is 0. The van der Waals surface area contributed by atoms with Gasteiger partial charge in [-0.25, -0.2) is 0 Å². The Morgan fingerprint density at radius 1 is 1.00 bits per heavy atom. The van der Waals surface area contributed by atoms with Crippen LogP contribution in [0.4, 0.5) is 5.82 Å². The van der Waals surface area contributed by atoms with Gasteiger partial charge in [0.1, 0.15) is 5.82 Å². The number of anilines is 1. The number of carbonyl (C=O) groups is 1. The molecular formula is C22H19ClN6O. The van der Waals surface area contributed by atoms with Gasteiger partial charge in [-0.15, -0.1) is 15.3 Å². The van der Waals surface area contributed by atoms with E-state index < -0.39 is 0 Å². The Morgan fingerprint density at radius 3 is 2.63 bits per heavy atom. The number of aromatic nitrogens is 4. The average Bonchev–Trinajstić information content (AvgIpc) is 3.41. The third-order valence-electron chi connectivity index (χ3n) is 5.25. The number of amides is 1. The Labute approximate surface area is 178 Å². The van der Waals surface area contributed by atoms with Gasteiger partial charge in [-0.1, -0.05) is 54.1 Å². The highest BCUT2D eigenvalue weighted by Gasteiger charge is 2.26. The number of rotatable bonds is 4. The van der Waals surface area contributed by atoms with Crippen molar-refractivity contribution in [3.63, 3.8) is 0 Å². The average molecular weight is 419 g/mol. The van der Waals surface area contributed by atoms with E-state index in [1.54, 1.807) is 16.6 Å². The van der Waals surface area contributed by atoms with Crippen molar-refractivity contribution in [3.8, 4) is 11.4 Å². The summed E-state index contributed by atoms with van der Waals surface area (Å²) in [4.78, 5) is 14.7. The minimum absolute atomic E-state index is 0.0285. The second kappa shape index (κ2) is 7.76. The lowest BCUT2D eigenvalue weighted by Gasteiger charge is -2.18. The van der Waals surface area contributed by atoms with Crippen molar-refractivity contribution < 1.29 is 4.79 Å². The summed E-state index contributed by atoms with van der Waals surface area (Å²) in [5, 5.41) is 16.8. The molecule has 1 amide bonds. The molecule has 0 spiro atoms. The number of nitrogens with zero attached hydrogens (tertiary/aromatic N) is 5. The summed E-state index contributed by atoms with van der Waals surface area (Å²) in [6.45, 7) is 1.48. The third-order valence-corrected chi connectivity index (χ3v) is 5.58. The van der Waals surface area contributed by atoms with Crippen LogP contribution in [-0.4, -0.2) is 44.8 Å². The van der Waals surface area contributed by atoms with Crippen molar-refractivity contribution in [1.82, 2.24) is 25.1 Å². The van der Waals surface area contributed by atoms with Crippen molar-refractivity contribution in [2.24, 2.45) is 0 Å². The molecule has 1 fully saturated rings. The van der Waals surface area contributed by atoms with Gasteiger partial charge in [-0.3, -0.25) is 4.79 Å². The molecule has 150 valence electrons. The molecular weight excluding hydrogens is 400 g/mol. The van der Waals surface area contributed by atoms with E-state index in [1.807, 2.05) is 54.6 Å². The highest BCUT2D eigenvalue weighted by Crippen LogP contribution is 2.22. The molecule has 7 nitrogen and oxygen atoms in total. The Bertz CT molecular complexity index is 1210. The van der Waals surface area contributed by atoms with E-state index >= 15 is 0 Å². The van der Waals surface area contributed by atoms with Crippen molar-refractivity contribution in [1.29, 1.82) is 0 Å². The number of hydrogen-bond acceptors (Lipinski definition) is 5. The minimum atomic E-state index is -0.152. The summed E-state index contributed by atoms with van der Waals surface area (Å²) in [5.41, 5.74) is 2.15. The molecule has 3 heterocycles. The zero-order valence-electron chi connectivity index (χ0n) is 16.1. The maximum Gasteiger partial charge on any atom is 0.253 e. The van der Waals surface area contributed by atoms with Crippen molar-refractivity contribution in [3.05, 3.63) is 77.3 Å². The second-order valence-corrected chi connectivity index (χ2v) is 7.64. The fourth-order valence-corrected chi connectivity index (χ4v) is 3.93. The van der Waals surface area contributed by atoms with E-state index in [0.717, 1.165) is 24.3 Å². The van der Waals surface area contributed by atoms with Gasteiger partial charge >= 0.3 is 0 Å². The number of carbonyl (C=O) groups excluding carboxylic acids is 1. The Balaban J connectivity index is 1.34. The number of halogens is 1. The van der Waals surface area contributed by atoms with Crippen molar-refractivity contribution in [2.75, 3.05) is 18.0 Å². The van der Waals surface area contributed by atoms with E-state index in [-0.39, 0.29) is 11.9 Å². The van der Waals surface area contributed by atoms with Gasteiger partial charge < -0.3 is 10.2 Å². The summed E-state index contributed by atoms with van der Waals surface area (Å²) in [6, 6.07) is 20.8. The number of nitrogens with one attached hydrogen (secondary N) is 1. The maximum atomic E-state index is 12.6. The fraction of sp³-hybridized carbons (Fsp3) is 0.182. The first kappa shape index (κ1) is 18.6. The Morgan fingerprint density at radius 2 is 1.80 bits per heavy atom. The Kier molecular flexibility index (Phi) is 4.80. The zero-order valence-corrected chi connectivity index (χ0v) is 16.8. The van der Waals surface area contributed by atoms with Crippen LogP contribution in [-0.2, 0) is 0 Å². The molecule has 5 rings (SSSR count). The number of hydrogen-bond donors (Lipinski definition) is 1. The SMILES string of the molecule is O=C(NC1CCN(c2ccc3nnc(-c4ccccc4)n3n2)C1)c1ccccc1Cl. The van der Waals surface area contributed by atoms with Gasteiger partial charge in [-0.05, 0) is 30.7 Å². The fourth-order valence-electron chi connectivity index (χ4n) is 3.71. The molecule has 0 saturated carbocycles. The molecule has 0 radical (unpaired) electrons. The lowest BCUT2D eigenvalue weighted by molar-refractivity contribution is 0.0940. The van der Waals surface area contributed by atoms with E-state index in [9.17, 15) is 4.79 Å². The highest BCUT2D eigenvalue weighted by atomic mass is 35.5. The maximum absolute atomic E-state index is 12.6. The molecule has 1 aliphatic heterocycles. The zero-order chi connectivity index (χ0) is 20.5. The van der Waals surface area contributed by atoms with Gasteiger partial charge in [0.05, 0.1) is 10.6 Å². The van der Waals surface area contributed by atoms with Crippen LogP contribution in [0.25, 0.3) is 17.0 Å². The first-order valence-corrected chi connectivity index (χ1v) is 10.1. The molecule has 4 aromatic rings. The van der Waals surface area contributed by atoms with Gasteiger partial charge in [-0.2, -0.15) is 4.52 Å². The van der Waals surface area contributed by atoms with Crippen LogP contribution >= 0.6 is 11.6 Å². The first-order valence-electron chi connectivity index (χ1n) is 9.77. The van der Waals surface area contributed by atoms with E-state index in [2.05, 4.69) is 20.4 Å². The van der Waals surface area contributed by atoms with Gasteiger partial charge in [0.15, 0.2) is 11.5 Å². The van der Waals surface area contributed by atoms with Crippen LogP contribution in [0, 0.1) is 0 Å². The predicted molar refractivity (Wildman–Crippen MR) is 116 cm³/mol. The largest absolute Gasteiger partial charge is 0.353 e. The second-order valence-electron chi connectivity index (χ2n) is 7.24. The minimum Gasteiger partial charge on any atom is -0.353 e. The number of benzene rings is 2.